The van der Waals surface area contributed by atoms with Gasteiger partial charge in [0.2, 0.25) is 10.0 Å². The highest BCUT2D eigenvalue weighted by Crippen LogP contribution is 2.40. The Hall–Kier alpha value is -2.10. The van der Waals surface area contributed by atoms with E-state index in [1.165, 1.54) is 26.2 Å². The second-order valence-electron chi connectivity index (χ2n) is 7.13. The normalized spacial score (nSPS) is 16.3. The molecule has 0 spiro atoms. The predicted molar refractivity (Wildman–Crippen MR) is 105 cm³/mol. The number of phenols is 1. The predicted octanol–water partition coefficient (Wildman–Crippen LogP) is 1.99. The first-order chi connectivity index (χ1) is 12.5. The van der Waals surface area contributed by atoms with Gasteiger partial charge in [-0.3, -0.25) is 9.59 Å². The fraction of sp³-hybridized carbons (Fsp3) is 0.412. The van der Waals surface area contributed by atoms with Gasteiger partial charge in [0.25, 0.3) is 10.9 Å². The van der Waals surface area contributed by atoms with E-state index in [2.05, 4.69) is 10.6 Å². The molecule has 0 atom stereocenters. The van der Waals surface area contributed by atoms with Crippen molar-refractivity contribution in [1.82, 2.24) is 4.31 Å². The molecule has 1 aliphatic carbocycles. The monoisotopic (exact) mass is 413 g/mol. The van der Waals surface area contributed by atoms with Gasteiger partial charge in [-0.05, 0) is 38.3 Å². The minimum Gasteiger partial charge on any atom is -0.504 e. The zero-order chi connectivity index (χ0) is 20.1. The molecule has 0 amide bonds. The molecule has 1 saturated carbocycles. The van der Waals surface area contributed by atoms with Crippen molar-refractivity contribution in [2.45, 2.75) is 36.6 Å². The quantitative estimate of drug-likeness (QED) is 0.489. The van der Waals surface area contributed by atoms with E-state index >= 15 is 0 Å². The lowest BCUT2D eigenvalue weighted by molar-refractivity contribution is 0.306. The molecule has 27 heavy (non-hydrogen) atoms. The van der Waals surface area contributed by atoms with Gasteiger partial charge in [0.1, 0.15) is 16.3 Å². The molecule has 146 valence electrons. The molecule has 0 aromatic heterocycles. The van der Waals surface area contributed by atoms with Crippen LogP contribution in [-0.2, 0) is 10.0 Å². The largest absolute Gasteiger partial charge is 0.504 e. The second kappa shape index (κ2) is 6.50. The maximum atomic E-state index is 12.4. The van der Waals surface area contributed by atoms with Gasteiger partial charge in [-0.1, -0.05) is 11.6 Å². The average Bonchev–Trinajstić information content (AvgIpc) is 2.57. The molecular formula is C17H20ClN3O5S. The van der Waals surface area contributed by atoms with Gasteiger partial charge in [-0.25, -0.2) is 12.7 Å². The van der Waals surface area contributed by atoms with E-state index in [0.717, 1.165) is 23.6 Å². The SMILES string of the molecule is CN(C)S(=O)(=O)c1c(Cl)ccc(Nc2c(NC3(C)CCC3)c(=O)c2=O)c1O. The van der Waals surface area contributed by atoms with Crippen LogP contribution in [0.2, 0.25) is 5.02 Å². The van der Waals surface area contributed by atoms with Crippen LogP contribution in [0.3, 0.4) is 0 Å². The first-order valence-corrected chi connectivity index (χ1v) is 10.1. The highest BCUT2D eigenvalue weighted by Gasteiger charge is 2.35. The Morgan fingerprint density at radius 2 is 1.74 bits per heavy atom. The standard InChI is InChI=1S/C17H20ClN3O5S/c1-17(7-4-8-17)20-12-11(14(23)15(12)24)19-10-6-5-9(18)16(13(10)22)27(25,26)21(2)3/h5-6,19-20,22H,4,7-8H2,1-3H3. The summed E-state index contributed by atoms with van der Waals surface area (Å²) in [5, 5.41) is 16.1. The Morgan fingerprint density at radius 1 is 1.15 bits per heavy atom. The van der Waals surface area contributed by atoms with Gasteiger partial charge >= 0.3 is 0 Å². The summed E-state index contributed by atoms with van der Waals surface area (Å²) >= 11 is 5.97. The number of anilines is 3. The number of rotatable bonds is 6. The van der Waals surface area contributed by atoms with Crippen molar-refractivity contribution in [2.24, 2.45) is 0 Å². The number of hydrogen-bond acceptors (Lipinski definition) is 7. The summed E-state index contributed by atoms with van der Waals surface area (Å²) in [5.41, 5.74) is -1.51. The minimum atomic E-state index is -4.02. The van der Waals surface area contributed by atoms with Crippen LogP contribution >= 0.6 is 11.6 Å². The van der Waals surface area contributed by atoms with Crippen molar-refractivity contribution >= 4 is 38.7 Å². The highest BCUT2D eigenvalue weighted by molar-refractivity contribution is 7.89. The van der Waals surface area contributed by atoms with Gasteiger partial charge in [-0.2, -0.15) is 0 Å². The smallest absolute Gasteiger partial charge is 0.253 e. The first kappa shape index (κ1) is 19.7. The van der Waals surface area contributed by atoms with Gasteiger partial charge in [0.05, 0.1) is 10.7 Å². The summed E-state index contributed by atoms with van der Waals surface area (Å²) < 4.78 is 25.8. The van der Waals surface area contributed by atoms with Crippen LogP contribution in [0, 0.1) is 0 Å². The van der Waals surface area contributed by atoms with Crippen molar-refractivity contribution in [2.75, 3.05) is 24.7 Å². The second-order valence-corrected chi connectivity index (χ2v) is 9.63. The molecule has 3 rings (SSSR count). The maximum absolute atomic E-state index is 12.4. The zero-order valence-corrected chi connectivity index (χ0v) is 16.7. The third-order valence-electron chi connectivity index (χ3n) is 4.88. The number of nitrogens with one attached hydrogen (secondary N) is 2. The Kier molecular flexibility index (Phi) is 4.73. The molecule has 0 aliphatic heterocycles. The molecule has 0 heterocycles. The lowest BCUT2D eigenvalue weighted by Gasteiger charge is -2.40. The summed E-state index contributed by atoms with van der Waals surface area (Å²) in [6.45, 7) is 1.96. The Balaban J connectivity index is 2.00. The molecule has 10 heteroatoms. The molecular weight excluding hydrogens is 394 g/mol. The average molecular weight is 414 g/mol. The van der Waals surface area contributed by atoms with Gasteiger partial charge < -0.3 is 15.7 Å². The summed E-state index contributed by atoms with van der Waals surface area (Å²) in [4.78, 5) is 23.5. The Morgan fingerprint density at radius 3 is 2.26 bits per heavy atom. The number of halogens is 1. The molecule has 2 aromatic rings. The molecule has 0 saturated heterocycles. The highest BCUT2D eigenvalue weighted by atomic mass is 35.5. The number of nitrogens with zero attached hydrogens (tertiary/aromatic N) is 1. The van der Waals surface area contributed by atoms with Gasteiger partial charge in [0.15, 0.2) is 5.75 Å². The topological polar surface area (TPSA) is 116 Å². The van der Waals surface area contributed by atoms with Gasteiger partial charge in [0, 0.05) is 19.6 Å². The third kappa shape index (κ3) is 3.19. The van der Waals surface area contributed by atoms with Crippen LogP contribution in [0.15, 0.2) is 26.6 Å². The van der Waals surface area contributed by atoms with Crippen molar-refractivity contribution in [3.8, 4) is 5.75 Å². The molecule has 8 nitrogen and oxygen atoms in total. The van der Waals surface area contributed by atoms with Crippen molar-refractivity contribution in [3.63, 3.8) is 0 Å². The lowest BCUT2D eigenvalue weighted by Crippen LogP contribution is -2.47. The molecule has 0 bridgehead atoms. The molecule has 2 aromatic carbocycles. The van der Waals surface area contributed by atoms with Crippen molar-refractivity contribution in [1.29, 1.82) is 0 Å². The van der Waals surface area contributed by atoms with Crippen molar-refractivity contribution in [3.05, 3.63) is 37.6 Å². The minimum absolute atomic E-state index is 0.000974. The molecule has 1 fully saturated rings. The summed E-state index contributed by atoms with van der Waals surface area (Å²) in [7, 11) is -1.40. The van der Waals surface area contributed by atoms with Crippen LogP contribution in [0.1, 0.15) is 26.2 Å². The van der Waals surface area contributed by atoms with Crippen LogP contribution in [0.5, 0.6) is 5.75 Å². The molecule has 0 radical (unpaired) electrons. The van der Waals surface area contributed by atoms with Gasteiger partial charge in [-0.15, -0.1) is 0 Å². The van der Waals surface area contributed by atoms with Crippen LogP contribution in [0.25, 0.3) is 0 Å². The van der Waals surface area contributed by atoms with E-state index in [9.17, 15) is 23.1 Å². The summed E-state index contributed by atoms with van der Waals surface area (Å²) in [6, 6.07) is 2.64. The van der Waals surface area contributed by atoms with Crippen LogP contribution < -0.4 is 21.5 Å². The van der Waals surface area contributed by atoms with E-state index in [4.69, 9.17) is 11.6 Å². The van der Waals surface area contributed by atoms with E-state index in [1.807, 2.05) is 6.92 Å². The van der Waals surface area contributed by atoms with Crippen molar-refractivity contribution < 1.29 is 13.5 Å². The number of phenolic OH excluding ortho intramolecular Hbond substituents is 1. The number of aromatic hydroxyl groups is 1. The Labute approximate surface area is 161 Å². The maximum Gasteiger partial charge on any atom is 0.253 e. The third-order valence-corrected chi connectivity index (χ3v) is 7.19. The van der Waals surface area contributed by atoms with E-state index in [-0.39, 0.29) is 27.6 Å². The first-order valence-electron chi connectivity index (χ1n) is 8.30. The van der Waals surface area contributed by atoms with E-state index < -0.39 is 31.5 Å². The van der Waals surface area contributed by atoms with E-state index in [0.29, 0.717) is 0 Å². The fourth-order valence-electron chi connectivity index (χ4n) is 2.97. The summed E-state index contributed by atoms with van der Waals surface area (Å²) in [5.74, 6) is -0.620. The molecule has 0 unspecified atom stereocenters. The Bertz CT molecular complexity index is 1080. The number of hydrogen-bond donors (Lipinski definition) is 3. The lowest BCUT2D eigenvalue weighted by atomic mass is 9.78. The zero-order valence-electron chi connectivity index (χ0n) is 15.1. The number of sulfonamides is 1. The molecule has 1 aliphatic rings. The fourth-order valence-corrected chi connectivity index (χ4v) is 4.45. The van der Waals surface area contributed by atoms with Crippen LogP contribution in [-0.4, -0.2) is 37.5 Å². The summed E-state index contributed by atoms with van der Waals surface area (Å²) in [6.07, 6.45) is 2.79. The van der Waals surface area contributed by atoms with E-state index in [1.54, 1.807) is 0 Å². The molecule has 3 N–H and O–H groups in total. The van der Waals surface area contributed by atoms with Crippen LogP contribution in [0.4, 0.5) is 17.1 Å². The number of benzene rings is 1.